The fourth-order valence-electron chi connectivity index (χ4n) is 3.07. The summed E-state index contributed by atoms with van der Waals surface area (Å²) in [5.41, 5.74) is 3.47. The quantitative estimate of drug-likeness (QED) is 0.494. The van der Waals surface area contributed by atoms with Crippen LogP contribution in [0.1, 0.15) is 16.7 Å². The van der Waals surface area contributed by atoms with Crippen molar-refractivity contribution in [2.45, 2.75) is 13.8 Å². The zero-order valence-electron chi connectivity index (χ0n) is 16.9. The first kappa shape index (κ1) is 20.0. The van der Waals surface area contributed by atoms with Gasteiger partial charge in [0.25, 0.3) is 5.91 Å². The van der Waals surface area contributed by atoms with Gasteiger partial charge in [-0.1, -0.05) is 18.2 Å². The molecule has 0 spiro atoms. The normalized spacial score (nSPS) is 11.1. The lowest BCUT2D eigenvalue weighted by Crippen LogP contribution is -2.13. The third-order valence-electron chi connectivity index (χ3n) is 4.87. The molecule has 5 nitrogen and oxygen atoms in total. The smallest absolute Gasteiger partial charge is 0.266 e. The Morgan fingerprint density at radius 3 is 2.41 bits per heavy atom. The highest BCUT2D eigenvalue weighted by molar-refractivity contribution is 6.11. The van der Waals surface area contributed by atoms with Gasteiger partial charge >= 0.3 is 0 Å². The molecule has 0 aromatic heterocycles. The second-order valence-electron chi connectivity index (χ2n) is 6.69. The van der Waals surface area contributed by atoms with Crippen molar-refractivity contribution in [3.63, 3.8) is 0 Å². The highest BCUT2D eigenvalue weighted by Gasteiger charge is 2.14. The van der Waals surface area contributed by atoms with Crippen molar-refractivity contribution in [1.82, 2.24) is 0 Å². The maximum atomic E-state index is 12.7. The summed E-state index contributed by atoms with van der Waals surface area (Å²) in [5.74, 6) is 0.772. The Balaban J connectivity index is 2.05. The number of benzene rings is 3. The van der Waals surface area contributed by atoms with Crippen molar-refractivity contribution in [1.29, 1.82) is 5.26 Å². The van der Waals surface area contributed by atoms with Crippen LogP contribution in [0.4, 0.5) is 5.69 Å². The zero-order chi connectivity index (χ0) is 21.0. The molecule has 146 valence electrons. The lowest BCUT2D eigenvalue weighted by Gasteiger charge is -2.11. The summed E-state index contributed by atoms with van der Waals surface area (Å²) < 4.78 is 10.8. The summed E-state index contributed by atoms with van der Waals surface area (Å²) in [6, 6.07) is 17.0. The molecule has 1 amide bonds. The van der Waals surface area contributed by atoms with Gasteiger partial charge < -0.3 is 14.8 Å². The van der Waals surface area contributed by atoms with Gasteiger partial charge in [0, 0.05) is 11.3 Å². The number of nitrogens with zero attached hydrogens (tertiary/aromatic N) is 1. The number of nitriles is 1. The molecule has 0 unspecified atom stereocenters. The van der Waals surface area contributed by atoms with Gasteiger partial charge in [-0.25, -0.2) is 0 Å². The van der Waals surface area contributed by atoms with Gasteiger partial charge in [-0.2, -0.15) is 5.26 Å². The fourth-order valence-corrected chi connectivity index (χ4v) is 3.07. The molecule has 0 aliphatic heterocycles. The van der Waals surface area contributed by atoms with E-state index in [9.17, 15) is 10.1 Å². The number of nitrogens with one attached hydrogen (secondary N) is 1. The number of anilines is 1. The molecule has 3 rings (SSSR count). The Kier molecular flexibility index (Phi) is 5.85. The van der Waals surface area contributed by atoms with E-state index in [0.29, 0.717) is 22.7 Å². The van der Waals surface area contributed by atoms with Crippen LogP contribution in [0.3, 0.4) is 0 Å². The summed E-state index contributed by atoms with van der Waals surface area (Å²) in [5, 5.41) is 14.2. The van der Waals surface area contributed by atoms with E-state index in [1.807, 2.05) is 68.4 Å². The Bertz CT molecular complexity index is 1150. The third-order valence-corrected chi connectivity index (χ3v) is 4.87. The predicted molar refractivity (Wildman–Crippen MR) is 115 cm³/mol. The van der Waals surface area contributed by atoms with Crippen LogP contribution in [-0.4, -0.2) is 20.1 Å². The molecule has 0 heterocycles. The Morgan fingerprint density at radius 2 is 1.76 bits per heavy atom. The second kappa shape index (κ2) is 8.49. The molecule has 0 saturated carbocycles. The third kappa shape index (κ3) is 4.22. The van der Waals surface area contributed by atoms with Gasteiger partial charge in [0.1, 0.15) is 23.1 Å². The number of ether oxygens (including phenoxy) is 2. The van der Waals surface area contributed by atoms with Crippen LogP contribution in [0.2, 0.25) is 0 Å². The minimum atomic E-state index is -0.474. The topological polar surface area (TPSA) is 71.3 Å². The molecule has 0 bridgehead atoms. The number of carbonyl (C=O) groups is 1. The van der Waals surface area contributed by atoms with E-state index in [-0.39, 0.29) is 5.57 Å². The number of aryl methyl sites for hydroxylation is 2. The van der Waals surface area contributed by atoms with Crippen LogP contribution in [-0.2, 0) is 4.79 Å². The summed E-state index contributed by atoms with van der Waals surface area (Å²) >= 11 is 0. The molecule has 3 aromatic carbocycles. The number of hydrogen-bond donors (Lipinski definition) is 1. The molecule has 1 N–H and O–H groups in total. The van der Waals surface area contributed by atoms with Crippen molar-refractivity contribution in [3.05, 3.63) is 70.8 Å². The van der Waals surface area contributed by atoms with E-state index >= 15 is 0 Å². The average Bonchev–Trinajstić information content (AvgIpc) is 2.73. The second-order valence-corrected chi connectivity index (χ2v) is 6.69. The Labute approximate surface area is 170 Å². The van der Waals surface area contributed by atoms with Crippen molar-refractivity contribution in [2.24, 2.45) is 0 Å². The van der Waals surface area contributed by atoms with E-state index in [2.05, 4.69) is 5.32 Å². The predicted octanol–water partition coefficient (Wildman–Crippen LogP) is 5.02. The molecule has 3 aromatic rings. The molecule has 0 saturated heterocycles. The molecule has 0 aliphatic rings. The van der Waals surface area contributed by atoms with E-state index in [1.54, 1.807) is 20.3 Å². The molecule has 0 atom stereocenters. The Morgan fingerprint density at radius 1 is 1.00 bits per heavy atom. The van der Waals surface area contributed by atoms with Crippen LogP contribution in [0, 0.1) is 25.2 Å². The van der Waals surface area contributed by atoms with E-state index in [1.165, 1.54) is 0 Å². The summed E-state index contributed by atoms with van der Waals surface area (Å²) in [7, 11) is 3.15. The van der Waals surface area contributed by atoms with Gasteiger partial charge in [-0.15, -0.1) is 0 Å². The summed E-state index contributed by atoms with van der Waals surface area (Å²) in [6.45, 7) is 3.98. The maximum absolute atomic E-state index is 12.7. The first-order valence-corrected chi connectivity index (χ1v) is 9.12. The number of amides is 1. The Hall–Kier alpha value is -3.78. The van der Waals surface area contributed by atoms with Crippen molar-refractivity contribution >= 4 is 28.4 Å². The van der Waals surface area contributed by atoms with Crippen LogP contribution >= 0.6 is 0 Å². The molecule has 5 heteroatoms. The van der Waals surface area contributed by atoms with E-state index in [4.69, 9.17) is 9.47 Å². The summed E-state index contributed by atoms with van der Waals surface area (Å²) in [6.07, 6.45) is 1.55. The lowest BCUT2D eigenvalue weighted by molar-refractivity contribution is -0.112. The molecule has 0 radical (unpaired) electrons. The van der Waals surface area contributed by atoms with E-state index < -0.39 is 5.91 Å². The molecular formula is C24H22N2O3. The minimum Gasteiger partial charge on any atom is -0.497 e. The minimum absolute atomic E-state index is 0.0168. The van der Waals surface area contributed by atoms with Crippen molar-refractivity contribution in [2.75, 3.05) is 19.5 Å². The van der Waals surface area contributed by atoms with Gasteiger partial charge in [0.15, 0.2) is 0 Å². The molecule has 0 fully saturated rings. The molecule has 0 aliphatic carbocycles. The van der Waals surface area contributed by atoms with Crippen LogP contribution in [0.15, 0.2) is 54.1 Å². The first-order chi connectivity index (χ1) is 14.0. The van der Waals surface area contributed by atoms with Crippen LogP contribution in [0.5, 0.6) is 11.5 Å². The SMILES string of the molecule is COc1ccc2ccc(OC)c(/C=C(\C#N)C(=O)Nc3ccc(C)c(C)c3)c2c1. The standard InChI is InChI=1S/C24H22N2O3/c1-15-5-8-19(11-16(15)2)26-24(27)18(14-25)12-22-21-13-20(28-3)9-6-17(21)7-10-23(22)29-4/h5-13H,1-4H3,(H,26,27)/b18-12+. The van der Waals surface area contributed by atoms with Gasteiger partial charge in [0.2, 0.25) is 0 Å². The fraction of sp³-hybridized carbons (Fsp3) is 0.167. The van der Waals surface area contributed by atoms with Gasteiger partial charge in [-0.05, 0) is 72.2 Å². The average molecular weight is 386 g/mol. The summed E-state index contributed by atoms with van der Waals surface area (Å²) in [4.78, 5) is 12.7. The highest BCUT2D eigenvalue weighted by atomic mass is 16.5. The van der Waals surface area contributed by atoms with Crippen LogP contribution < -0.4 is 14.8 Å². The van der Waals surface area contributed by atoms with Crippen LogP contribution in [0.25, 0.3) is 16.8 Å². The van der Waals surface area contributed by atoms with Gasteiger partial charge in [-0.3, -0.25) is 4.79 Å². The first-order valence-electron chi connectivity index (χ1n) is 9.12. The maximum Gasteiger partial charge on any atom is 0.266 e. The number of carbonyl (C=O) groups excluding carboxylic acids is 1. The van der Waals surface area contributed by atoms with Crippen molar-refractivity contribution < 1.29 is 14.3 Å². The number of hydrogen-bond acceptors (Lipinski definition) is 4. The number of fused-ring (bicyclic) bond motifs is 1. The number of methoxy groups -OCH3 is 2. The zero-order valence-corrected chi connectivity index (χ0v) is 16.9. The largest absolute Gasteiger partial charge is 0.497 e. The molecule has 29 heavy (non-hydrogen) atoms. The highest BCUT2D eigenvalue weighted by Crippen LogP contribution is 2.32. The monoisotopic (exact) mass is 386 g/mol. The molecular weight excluding hydrogens is 364 g/mol. The van der Waals surface area contributed by atoms with E-state index in [0.717, 1.165) is 21.9 Å². The lowest BCUT2D eigenvalue weighted by atomic mass is 10.0. The van der Waals surface area contributed by atoms with Gasteiger partial charge in [0.05, 0.1) is 14.2 Å². The van der Waals surface area contributed by atoms with Crippen molar-refractivity contribution in [3.8, 4) is 17.6 Å². The number of rotatable bonds is 5.